The number of rotatable bonds is 35. The Labute approximate surface area is 744 Å². The van der Waals surface area contributed by atoms with Crippen LogP contribution in [0.3, 0.4) is 0 Å². The van der Waals surface area contributed by atoms with Crippen molar-refractivity contribution in [3.63, 3.8) is 0 Å². The molecule has 6 aliphatic heterocycles. The first-order chi connectivity index (χ1) is 60.2. The number of aromatic nitrogens is 20. The summed E-state index contributed by atoms with van der Waals surface area (Å²) in [5.41, 5.74) is 28.5. The van der Waals surface area contributed by atoms with E-state index in [1.54, 1.807) is 11.5 Å². The first-order valence-electron chi connectivity index (χ1n) is 38.0. The zero-order chi connectivity index (χ0) is 90.3. The maximum Gasteiger partial charge on any atom is 0.351 e. The minimum absolute atomic E-state index is 0.00507. The molecule has 24 atom stereocenters. The van der Waals surface area contributed by atoms with E-state index in [-0.39, 0.29) is 100 Å². The van der Waals surface area contributed by atoms with Crippen molar-refractivity contribution in [2.24, 2.45) is 0 Å². The highest BCUT2D eigenvalue weighted by atomic mass is 32.7. The second kappa shape index (κ2) is 37.5. The van der Waals surface area contributed by atoms with Crippen molar-refractivity contribution in [2.75, 3.05) is 68.8 Å². The molecule has 16 rings (SSSR count). The molecule has 127 heavy (non-hydrogen) atoms. The van der Waals surface area contributed by atoms with Crippen LogP contribution in [0.1, 0.15) is 100 Å². The average Bonchev–Trinajstić information content (AvgIpc) is 1.64. The maximum absolute atomic E-state index is 14.9. The first-order valence-corrected chi connectivity index (χ1v) is 53.4. The third-order valence-electron chi connectivity index (χ3n) is 21.1. The highest BCUT2D eigenvalue weighted by molar-refractivity contribution is 8.32. The molecule has 12 N–H and O–H groups in total. The summed E-state index contributed by atoms with van der Waals surface area (Å²) in [5.74, 6) is -0.185. The van der Waals surface area contributed by atoms with Gasteiger partial charge in [0.1, 0.15) is 143 Å². The van der Waals surface area contributed by atoms with Crippen LogP contribution in [0.5, 0.6) is 0 Å². The molecule has 0 bridgehead atoms. The Kier molecular flexibility index (Phi) is 27.7. The predicted molar refractivity (Wildman–Crippen MR) is 449 cm³/mol. The molecule has 6 saturated heterocycles. The Bertz CT molecular complexity index is 6400. The van der Waals surface area contributed by atoms with Crippen LogP contribution in [0, 0.1) is 13.8 Å². The Balaban J connectivity index is 0.613. The topological polar surface area (TPSA) is 713 Å². The van der Waals surface area contributed by atoms with E-state index in [0.717, 1.165) is 16.2 Å². The van der Waals surface area contributed by atoms with E-state index in [1.807, 2.05) is 6.92 Å². The number of fused-ring (bicyclic) bond motifs is 4. The van der Waals surface area contributed by atoms with E-state index in [0.29, 0.717) is 23.1 Å². The number of nitrogens with two attached hydrogens (primary N) is 5. The number of hydrogen-bond donors (Lipinski definition) is 7. The monoisotopic (exact) mass is 2000 g/mol. The number of imidazole rings is 4. The van der Waals surface area contributed by atoms with Crippen molar-refractivity contribution in [1.82, 2.24) is 97.2 Å². The van der Waals surface area contributed by atoms with Gasteiger partial charge in [-0.25, -0.2) is 59.4 Å². The number of hydrogen-bond acceptors (Lipinski definition) is 51. The molecule has 0 aliphatic carbocycles. The van der Waals surface area contributed by atoms with Gasteiger partial charge in [-0.2, -0.15) is 9.97 Å². The minimum atomic E-state index is -4.97. The fourth-order valence-electron chi connectivity index (χ4n) is 15.0. The van der Waals surface area contributed by atoms with Crippen LogP contribution in [0.25, 0.3) is 44.7 Å². The summed E-state index contributed by atoms with van der Waals surface area (Å²) in [6, 6.07) is 0. The molecule has 16 heterocycles. The molecule has 0 aromatic carbocycles. The summed E-state index contributed by atoms with van der Waals surface area (Å²) in [6.07, 6.45) is -11.8. The number of nitrogens with one attached hydrogen (secondary N) is 2. The summed E-state index contributed by atoms with van der Waals surface area (Å²) in [5, 5.41) is 0. The number of nitrogens with zero attached hydrogens (tertiary/aromatic N) is 18. The van der Waals surface area contributed by atoms with E-state index >= 15 is 0 Å². The van der Waals surface area contributed by atoms with Crippen LogP contribution in [0.4, 0.5) is 29.2 Å². The molecule has 53 nitrogen and oxygen atoms in total. The van der Waals surface area contributed by atoms with E-state index < -0.39 is 213 Å². The molecular formula is C62H75N25O28P6S6-6. The maximum atomic E-state index is 14.9. The van der Waals surface area contributed by atoms with Gasteiger partial charge in [-0.1, -0.05) is 66.0 Å². The van der Waals surface area contributed by atoms with E-state index in [9.17, 15) is 48.2 Å². The van der Waals surface area contributed by atoms with Crippen molar-refractivity contribution in [2.45, 2.75) is 176 Å². The minimum Gasteiger partial charge on any atom is -0.780 e. The molecule has 0 saturated carbocycles. The van der Waals surface area contributed by atoms with Crippen molar-refractivity contribution in [1.29, 1.82) is 0 Å². The van der Waals surface area contributed by atoms with Crippen molar-refractivity contribution >= 4 is 186 Å². The highest BCUT2D eigenvalue weighted by Gasteiger charge is 2.48. The van der Waals surface area contributed by atoms with Crippen LogP contribution in [-0.2, 0) is 159 Å². The Hall–Kier alpha value is -6.53. The fourth-order valence-corrected chi connectivity index (χ4v) is 23.3. The SMILES string of the molecule is CC[C@H]1O[C@@H](n2cnc3c(N)ncnc32)C[C@H]1OP([O-])(=S)OC[C@H]1O[C@@H](n2cnc3c(N)ncnc32)C[C@H]1OP(=O)([S-])OC[C@H]1O[C@@H](n2cnc3c(N)ncnc32)C[C@H]1OP([O-])(=S)OC[C@H]1O[C@@H](n2cc(C)c(=O)[nH]c2=O)C[C@H]1OP([O-])(=S)OC[C@H]1O[C@@H](n2cnc3c(=O)[nH]c(N)nc32)C[C@H]1OP([O-])(=S)OC[C@H]1O[C@@H](n2cc(C)c(N)nc2=O)C[C@H]1OP([O-])(=S)OC. The molecule has 6 fully saturated rings. The van der Waals surface area contributed by atoms with Gasteiger partial charge in [-0.3, -0.25) is 51.5 Å². The number of nitrogen functional groups attached to an aromatic ring is 5. The van der Waals surface area contributed by atoms with E-state index in [2.05, 4.69) is 69.8 Å². The van der Waals surface area contributed by atoms with Gasteiger partial charge in [0.05, 0.1) is 101 Å². The van der Waals surface area contributed by atoms with Gasteiger partial charge in [0.25, 0.3) is 11.1 Å². The standard InChI is InChI=1S/C62H81N25O28P6S6/c1-5-28-29(6-42(104-28)84-22-74-46-51(64)68-19-71-54(46)84)111-117(93,123)99-16-37-32(9-43(107-37)85-23-75-47-52(65)69-20-72-55(47)85)114-121(97,127)102-17-38-33(10-44(108-38)86-24-76-48-53(66)70-21-73-56(48)86)113-120(96,126)101-15-36-31(8-41(106-36)83-13-27(3)58(88)81-62(83)91)112-118(94,124)103-18-39-34(11-45(109-39)87-25-77-49-57(87)79-60(67)80-59(49)89)115-119(95,125)100-14-35-30(110-116(92,122)98-4)7-40(105-35)82-12-26(2)50(63)78-61(82)90/h12-13,19-25,28-45H,5-11,14-18H2,1-4H3,(H,92,122)(H,93,123)(H,94,124)(H,95,125)(H,96,126)(H,97,127)(H2,63,78,90)(H2,64,68,71)(H2,65,69,72)(H2,66,70,73)(H,81,88,91)(H3,67,79,80,89)/p-6/t28-,29-,30-,31-,32-,33-,34-,35-,36-,37-,38-,39-,40-,41-,42-,43-,44-,45-,116?,117?,118?,119?,120?,121?/m1/s1. The predicted octanol–water partition coefficient (Wildman–Crippen LogP) is -1.27. The lowest BCUT2D eigenvalue weighted by atomic mass is 10.1. The van der Waals surface area contributed by atoms with E-state index in [4.69, 9.17) is 183 Å². The van der Waals surface area contributed by atoms with Gasteiger partial charge in [0.15, 0.2) is 52.4 Å². The summed E-state index contributed by atoms with van der Waals surface area (Å²) >= 11 is 32.6. The Morgan fingerprint density at radius 3 is 1.14 bits per heavy atom. The molecule has 10 aromatic heterocycles. The smallest absolute Gasteiger partial charge is 0.351 e. The summed E-state index contributed by atoms with van der Waals surface area (Å²) in [6.45, 7) is -27.3. The van der Waals surface area contributed by atoms with E-state index in [1.165, 1.54) is 77.3 Å². The molecule has 688 valence electrons. The first kappa shape index (κ1) is 93.7. The van der Waals surface area contributed by atoms with Crippen molar-refractivity contribution in [3.05, 3.63) is 109 Å². The Morgan fingerprint density at radius 1 is 0.417 bits per heavy atom. The zero-order valence-electron chi connectivity index (χ0n) is 66.1. The second-order valence-corrected chi connectivity index (χ2v) is 45.6. The van der Waals surface area contributed by atoms with Gasteiger partial charge >= 0.3 is 11.4 Å². The van der Waals surface area contributed by atoms with Gasteiger partial charge in [-0.05, 0) is 20.3 Å². The average molecular weight is 2000 g/mol. The number of H-pyrrole nitrogens is 2. The third-order valence-corrected chi connectivity index (χ3v) is 30.6. The molecule has 0 radical (unpaired) electrons. The molecular weight excluding hydrogens is 1920 g/mol. The molecule has 6 aliphatic rings. The molecule has 0 amide bonds. The lowest BCUT2D eigenvalue weighted by Gasteiger charge is -2.36. The van der Waals surface area contributed by atoms with Gasteiger partial charge in [-0.15, -0.1) is 0 Å². The summed E-state index contributed by atoms with van der Waals surface area (Å²) < 4.78 is 131. The fraction of sp³-hybridized carbons (Fsp3) is 0.548. The van der Waals surface area contributed by atoms with Gasteiger partial charge in [0.2, 0.25) is 5.95 Å². The van der Waals surface area contributed by atoms with Crippen LogP contribution in [0.15, 0.2) is 75.9 Å². The largest absolute Gasteiger partial charge is 0.780 e. The van der Waals surface area contributed by atoms with Crippen LogP contribution >= 0.6 is 40.4 Å². The normalized spacial score (nSPS) is 29.3. The zero-order valence-corrected chi connectivity index (χ0v) is 76.3. The van der Waals surface area contributed by atoms with Crippen LogP contribution < -0.4 is 75.6 Å². The second-order valence-electron chi connectivity index (χ2n) is 29.3. The van der Waals surface area contributed by atoms with Crippen LogP contribution in [-0.4, -0.2) is 211 Å². The van der Waals surface area contributed by atoms with Crippen molar-refractivity contribution in [3.8, 4) is 0 Å². The number of ether oxygens (including phenoxy) is 6. The van der Waals surface area contributed by atoms with Crippen molar-refractivity contribution < 1.29 is 112 Å². The number of aryl methyl sites for hydroxylation is 2. The van der Waals surface area contributed by atoms with Gasteiger partial charge < -0.3 is 148 Å². The molecule has 65 heteroatoms. The lowest BCUT2D eigenvalue weighted by molar-refractivity contribution is -0.221. The third kappa shape index (κ3) is 21.0. The lowest BCUT2D eigenvalue weighted by Crippen LogP contribution is -2.34. The number of aromatic amines is 2. The number of anilines is 5. The molecule has 0 spiro atoms. The summed E-state index contributed by atoms with van der Waals surface area (Å²) in [4.78, 5) is 179. The van der Waals surface area contributed by atoms with Crippen LogP contribution in [0.2, 0.25) is 0 Å². The quantitative estimate of drug-likeness (QED) is 0.0180. The van der Waals surface area contributed by atoms with Gasteiger partial charge in [0, 0.05) is 69.2 Å². The highest BCUT2D eigenvalue weighted by Crippen LogP contribution is 2.56. The molecule has 6 unspecified atom stereocenters. The molecule has 10 aromatic rings. The Morgan fingerprint density at radius 2 is 0.748 bits per heavy atom. The summed E-state index contributed by atoms with van der Waals surface area (Å²) in [7, 11) is 1.04.